The van der Waals surface area contributed by atoms with Crippen molar-refractivity contribution in [2.45, 2.75) is 27.7 Å². The fraction of sp³-hybridized carbons (Fsp3) is 0.556. The monoisotopic (exact) mass is 132 g/mol. The lowest BCUT2D eigenvalue weighted by Crippen LogP contribution is -1.95. The Morgan fingerprint density at radius 2 is 1.60 bits per heavy atom. The van der Waals surface area contributed by atoms with Crippen molar-refractivity contribution in [1.29, 1.82) is 0 Å². The molecule has 0 spiro atoms. The summed E-state index contributed by atoms with van der Waals surface area (Å²) in [6.45, 7) is 8.55. The van der Waals surface area contributed by atoms with E-state index in [9.17, 15) is 0 Å². The molecule has 0 amide bonds. The van der Waals surface area contributed by atoms with Gasteiger partial charge in [0.2, 0.25) is 0 Å². The van der Waals surface area contributed by atoms with Gasteiger partial charge in [0.1, 0.15) is 7.85 Å². The second-order valence-electron chi connectivity index (χ2n) is 3.11. The molecule has 1 heteroatoms. The first-order valence-corrected chi connectivity index (χ1v) is 3.69. The lowest BCUT2D eigenvalue weighted by molar-refractivity contribution is 0.857. The first-order valence-electron chi connectivity index (χ1n) is 3.69. The molecule has 0 saturated carbocycles. The highest BCUT2D eigenvalue weighted by Gasteiger charge is 2.18. The minimum Gasteiger partial charge on any atom is -0.108 e. The van der Waals surface area contributed by atoms with E-state index >= 15 is 0 Å². The zero-order valence-corrected chi connectivity index (χ0v) is 7.15. The van der Waals surface area contributed by atoms with Gasteiger partial charge in [-0.3, -0.25) is 0 Å². The third-order valence-corrected chi connectivity index (χ3v) is 2.70. The molecule has 1 aliphatic rings. The van der Waals surface area contributed by atoms with Gasteiger partial charge in [-0.1, -0.05) is 18.1 Å². The van der Waals surface area contributed by atoms with Crippen molar-refractivity contribution in [1.82, 2.24) is 0 Å². The normalized spacial score (nSPS) is 26.6. The maximum atomic E-state index is 5.84. The zero-order valence-electron chi connectivity index (χ0n) is 7.15. The van der Waals surface area contributed by atoms with E-state index in [1.807, 2.05) is 0 Å². The average Bonchev–Trinajstić information content (AvgIpc) is 2.07. The van der Waals surface area contributed by atoms with Crippen molar-refractivity contribution >= 4 is 7.85 Å². The fourth-order valence-corrected chi connectivity index (χ4v) is 1.40. The highest BCUT2D eigenvalue weighted by atomic mass is 14.2. The third kappa shape index (κ3) is 0.846. The van der Waals surface area contributed by atoms with Crippen LogP contribution in [-0.4, -0.2) is 7.85 Å². The summed E-state index contributed by atoms with van der Waals surface area (Å²) in [4.78, 5) is 0. The summed E-state index contributed by atoms with van der Waals surface area (Å²) in [5.41, 5.74) is 5.14. The van der Waals surface area contributed by atoms with Crippen molar-refractivity contribution in [2.24, 2.45) is 5.92 Å². The van der Waals surface area contributed by atoms with E-state index in [1.165, 1.54) is 16.7 Å². The molecule has 10 heavy (non-hydrogen) atoms. The molecule has 1 aliphatic carbocycles. The summed E-state index contributed by atoms with van der Waals surface area (Å²) in [5.74, 6) is 0.472. The molecule has 0 heterocycles. The highest BCUT2D eigenvalue weighted by Crippen LogP contribution is 2.34. The van der Waals surface area contributed by atoms with E-state index in [4.69, 9.17) is 7.85 Å². The molecule has 0 aromatic carbocycles. The Kier molecular flexibility index (Phi) is 1.76. The van der Waals surface area contributed by atoms with Crippen LogP contribution in [0.2, 0.25) is 0 Å². The fourth-order valence-electron chi connectivity index (χ4n) is 1.40. The Labute approximate surface area is 64.4 Å². The minimum absolute atomic E-state index is 0.472. The number of hydrogen-bond acceptors (Lipinski definition) is 0. The van der Waals surface area contributed by atoms with Crippen molar-refractivity contribution in [2.75, 3.05) is 0 Å². The van der Waals surface area contributed by atoms with Gasteiger partial charge in [-0.25, -0.2) is 0 Å². The Balaban J connectivity index is 3.09. The second-order valence-corrected chi connectivity index (χ2v) is 3.11. The van der Waals surface area contributed by atoms with Crippen LogP contribution in [0.25, 0.3) is 0 Å². The quantitative estimate of drug-likeness (QED) is 0.444. The van der Waals surface area contributed by atoms with Gasteiger partial charge >= 0.3 is 0 Å². The van der Waals surface area contributed by atoms with Gasteiger partial charge in [-0.05, 0) is 32.3 Å². The zero-order chi connectivity index (χ0) is 7.89. The molecule has 0 fully saturated rings. The lowest BCUT2D eigenvalue weighted by atomic mass is 9.83. The summed E-state index contributed by atoms with van der Waals surface area (Å²) in [6, 6.07) is 0. The summed E-state index contributed by atoms with van der Waals surface area (Å²) < 4.78 is 0. The molecule has 0 aliphatic heterocycles. The second kappa shape index (κ2) is 2.30. The van der Waals surface area contributed by atoms with E-state index in [1.54, 1.807) is 0 Å². The molecule has 0 saturated heterocycles. The molecule has 2 radical (unpaired) electrons. The molecular weight excluding hydrogens is 119 g/mol. The molecule has 1 rings (SSSR count). The molecule has 0 bridgehead atoms. The van der Waals surface area contributed by atoms with Crippen LogP contribution in [0.4, 0.5) is 0 Å². The van der Waals surface area contributed by atoms with Gasteiger partial charge < -0.3 is 0 Å². The summed E-state index contributed by atoms with van der Waals surface area (Å²) in [7, 11) is 5.84. The van der Waals surface area contributed by atoms with Crippen molar-refractivity contribution in [3.05, 3.63) is 22.2 Å². The SMILES string of the molecule is [B]C1=C(C)C(C)=C(C)C1C. The van der Waals surface area contributed by atoms with E-state index < -0.39 is 0 Å². The van der Waals surface area contributed by atoms with Crippen LogP contribution < -0.4 is 0 Å². The van der Waals surface area contributed by atoms with Crippen LogP contribution in [0, 0.1) is 5.92 Å². The van der Waals surface area contributed by atoms with Crippen molar-refractivity contribution < 1.29 is 0 Å². The van der Waals surface area contributed by atoms with Gasteiger partial charge in [0.05, 0.1) is 0 Å². The molecule has 1 unspecified atom stereocenters. The maximum Gasteiger partial charge on any atom is 0.108 e. The predicted octanol–water partition coefficient (Wildman–Crippen LogP) is 2.42. The van der Waals surface area contributed by atoms with Gasteiger partial charge in [-0.2, -0.15) is 0 Å². The Hall–Kier alpha value is -0.455. The number of rotatable bonds is 0. The third-order valence-electron chi connectivity index (χ3n) is 2.70. The molecule has 52 valence electrons. The number of hydrogen-bond donors (Lipinski definition) is 0. The number of allylic oxidation sites excluding steroid dienone is 4. The summed E-state index contributed by atoms with van der Waals surface area (Å²) in [5, 5.41) is 0. The van der Waals surface area contributed by atoms with Crippen molar-refractivity contribution in [3.8, 4) is 0 Å². The molecular formula is C9H13B. The maximum absolute atomic E-state index is 5.84. The lowest BCUT2D eigenvalue weighted by Gasteiger charge is -2.06. The summed E-state index contributed by atoms with van der Waals surface area (Å²) >= 11 is 0. The first kappa shape index (κ1) is 7.65. The Morgan fingerprint density at radius 3 is 1.70 bits per heavy atom. The average molecular weight is 132 g/mol. The predicted molar refractivity (Wildman–Crippen MR) is 46.0 cm³/mol. The van der Waals surface area contributed by atoms with E-state index in [0.717, 1.165) is 5.47 Å². The van der Waals surface area contributed by atoms with E-state index in [-0.39, 0.29) is 0 Å². The van der Waals surface area contributed by atoms with Crippen LogP contribution >= 0.6 is 0 Å². The van der Waals surface area contributed by atoms with E-state index in [0.29, 0.717) is 5.92 Å². The van der Waals surface area contributed by atoms with Gasteiger partial charge in [0, 0.05) is 0 Å². The highest BCUT2D eigenvalue weighted by molar-refractivity contribution is 6.23. The largest absolute Gasteiger partial charge is 0.108 e. The molecule has 0 nitrogen and oxygen atoms in total. The molecule has 0 aromatic rings. The molecule has 0 aromatic heterocycles. The summed E-state index contributed by atoms with van der Waals surface area (Å²) in [6.07, 6.45) is 0. The van der Waals surface area contributed by atoms with Crippen molar-refractivity contribution in [3.63, 3.8) is 0 Å². The van der Waals surface area contributed by atoms with Gasteiger partial charge in [0.25, 0.3) is 0 Å². The first-order chi connectivity index (χ1) is 4.55. The van der Waals surface area contributed by atoms with Gasteiger partial charge in [-0.15, -0.1) is 5.47 Å². The van der Waals surface area contributed by atoms with Crippen LogP contribution in [0.1, 0.15) is 27.7 Å². The molecule has 0 N–H and O–H groups in total. The Bertz CT molecular complexity index is 197. The van der Waals surface area contributed by atoms with Crippen LogP contribution in [-0.2, 0) is 0 Å². The van der Waals surface area contributed by atoms with E-state index in [2.05, 4.69) is 27.7 Å². The van der Waals surface area contributed by atoms with Gasteiger partial charge in [0.15, 0.2) is 0 Å². The van der Waals surface area contributed by atoms with Crippen LogP contribution in [0.15, 0.2) is 22.2 Å². The standard InChI is InChI=1S/C9H13B/c1-5-6(2)8(4)9(10)7(5)3/h7H,1-4H3. The minimum atomic E-state index is 0.472. The Morgan fingerprint density at radius 1 is 1.10 bits per heavy atom. The van der Waals surface area contributed by atoms with Crippen LogP contribution in [0.5, 0.6) is 0 Å². The topological polar surface area (TPSA) is 0 Å². The molecule has 1 atom stereocenters. The smallest absolute Gasteiger partial charge is 0.108 e. The van der Waals surface area contributed by atoms with Crippen LogP contribution in [0.3, 0.4) is 0 Å².